The fraction of sp³-hybridized carbons (Fsp3) is 0.400. The highest BCUT2D eigenvalue weighted by atomic mass is 32.2. The smallest absolute Gasteiger partial charge is 0.275 e. The molecule has 1 aliphatic heterocycles. The number of carbonyl (C=O) groups is 1. The number of alkyl halides is 1. The summed E-state index contributed by atoms with van der Waals surface area (Å²) < 4.78 is 34.0. The molecule has 4 rings (SSSR count). The molecular weight excluding hydrogens is 431 g/mol. The summed E-state index contributed by atoms with van der Waals surface area (Å²) in [5.41, 5.74) is 5.52. The SMILES string of the molecule is C.COc1cnc(C(=O)Nc2ccc(F)c([C@]34C[C@H](F)C[C@H]3CSC(N)=N4)c2)cn1.F. The number of hydrogen-bond acceptors (Lipinski definition) is 7. The van der Waals surface area contributed by atoms with Crippen molar-refractivity contribution in [1.29, 1.82) is 0 Å². The quantitative estimate of drug-likeness (QED) is 0.729. The van der Waals surface area contributed by atoms with E-state index in [2.05, 4.69) is 20.3 Å². The van der Waals surface area contributed by atoms with Gasteiger partial charge in [-0.25, -0.2) is 18.7 Å². The summed E-state index contributed by atoms with van der Waals surface area (Å²) in [5, 5.41) is 2.99. The van der Waals surface area contributed by atoms with Crippen molar-refractivity contribution >= 4 is 28.5 Å². The van der Waals surface area contributed by atoms with Crippen LogP contribution in [0.1, 0.15) is 36.3 Å². The van der Waals surface area contributed by atoms with Gasteiger partial charge >= 0.3 is 0 Å². The molecular formula is C20H24F3N5O2S. The average molecular weight is 456 g/mol. The van der Waals surface area contributed by atoms with Crippen molar-refractivity contribution in [3.63, 3.8) is 0 Å². The lowest BCUT2D eigenvalue weighted by molar-refractivity contribution is 0.102. The molecule has 2 aromatic rings. The first-order chi connectivity index (χ1) is 13.9. The second-order valence-electron chi connectivity index (χ2n) is 7.01. The molecule has 0 bridgehead atoms. The minimum atomic E-state index is -1.08. The normalized spacial score (nSPS) is 24.2. The summed E-state index contributed by atoms with van der Waals surface area (Å²) in [4.78, 5) is 24.9. The Morgan fingerprint density at radius 3 is 2.81 bits per heavy atom. The number of halogens is 3. The molecule has 3 N–H and O–H groups in total. The molecule has 3 atom stereocenters. The molecule has 168 valence electrons. The van der Waals surface area contributed by atoms with Crippen LogP contribution >= 0.6 is 11.8 Å². The number of ether oxygens (including phenoxy) is 1. The van der Waals surface area contributed by atoms with Crippen LogP contribution in [0.5, 0.6) is 5.88 Å². The second kappa shape index (κ2) is 9.54. The number of carbonyl (C=O) groups excluding carboxylic acids is 1. The maximum Gasteiger partial charge on any atom is 0.275 e. The van der Waals surface area contributed by atoms with Crippen LogP contribution in [0.4, 0.5) is 19.2 Å². The number of nitrogens with one attached hydrogen (secondary N) is 1. The van der Waals surface area contributed by atoms with Crippen molar-refractivity contribution < 1.29 is 23.0 Å². The Morgan fingerprint density at radius 1 is 1.35 bits per heavy atom. The third-order valence-electron chi connectivity index (χ3n) is 5.25. The summed E-state index contributed by atoms with van der Waals surface area (Å²) in [5.74, 6) is -0.322. The third kappa shape index (κ3) is 4.60. The zero-order valence-electron chi connectivity index (χ0n) is 16.0. The third-order valence-corrected chi connectivity index (χ3v) is 6.21. The zero-order valence-corrected chi connectivity index (χ0v) is 16.8. The van der Waals surface area contributed by atoms with Crippen LogP contribution in [-0.4, -0.2) is 40.1 Å². The van der Waals surface area contributed by atoms with Gasteiger partial charge in [-0.05, 0) is 24.6 Å². The Hall–Kier alpha value is -2.82. The lowest BCUT2D eigenvalue weighted by Gasteiger charge is -2.35. The van der Waals surface area contributed by atoms with Gasteiger partial charge in [0.05, 0.1) is 25.0 Å². The van der Waals surface area contributed by atoms with E-state index in [4.69, 9.17) is 10.5 Å². The number of amides is 1. The molecule has 1 aromatic heterocycles. The molecule has 1 saturated carbocycles. The maximum absolute atomic E-state index is 14.8. The standard InChI is InChI=1S/C19H19F2N5O2S.CH4.FH/c1-28-16-8-23-15(7-24-16)17(27)25-12-2-3-14(21)13(5-12)19-6-11(20)4-10(19)9-29-18(22)26-19;;/h2-3,5,7-8,10-11H,4,6,9H2,1H3,(H2,22,26)(H,25,27);1H4;1H/t10-,11+,19-;;/m0../s1. The number of methoxy groups -OCH3 is 1. The Morgan fingerprint density at radius 2 is 2.13 bits per heavy atom. The first kappa shape index (κ1) is 24.4. The summed E-state index contributed by atoms with van der Waals surface area (Å²) in [6, 6.07) is 4.18. The van der Waals surface area contributed by atoms with Crippen LogP contribution in [-0.2, 0) is 5.54 Å². The largest absolute Gasteiger partial charge is 0.480 e. The predicted octanol–water partition coefficient (Wildman–Crippen LogP) is 3.67. The Bertz CT molecular complexity index is 976. The van der Waals surface area contributed by atoms with Crippen molar-refractivity contribution in [3.05, 3.63) is 47.7 Å². The maximum atomic E-state index is 14.8. The fourth-order valence-electron chi connectivity index (χ4n) is 3.91. The molecule has 11 heteroatoms. The molecule has 1 aliphatic carbocycles. The number of fused-ring (bicyclic) bond motifs is 1. The highest BCUT2D eigenvalue weighted by Gasteiger charge is 2.52. The van der Waals surface area contributed by atoms with Gasteiger partial charge in [0.25, 0.3) is 5.91 Å². The Balaban J connectivity index is 0.00000171. The van der Waals surface area contributed by atoms with Crippen LogP contribution in [0.2, 0.25) is 0 Å². The molecule has 0 spiro atoms. The number of anilines is 1. The summed E-state index contributed by atoms with van der Waals surface area (Å²) in [7, 11) is 1.44. The molecule has 1 amide bonds. The number of nitrogens with zero attached hydrogens (tertiary/aromatic N) is 3. The average Bonchev–Trinajstić information content (AvgIpc) is 3.05. The monoisotopic (exact) mass is 455 g/mol. The Kier molecular flexibility index (Phi) is 7.53. The van der Waals surface area contributed by atoms with Crippen LogP contribution < -0.4 is 15.8 Å². The van der Waals surface area contributed by atoms with E-state index in [1.54, 1.807) is 0 Å². The number of thioether (sulfide) groups is 1. The lowest BCUT2D eigenvalue weighted by atomic mass is 9.81. The van der Waals surface area contributed by atoms with Crippen molar-refractivity contribution in [2.24, 2.45) is 16.6 Å². The van der Waals surface area contributed by atoms with E-state index in [-0.39, 0.29) is 41.6 Å². The van der Waals surface area contributed by atoms with Gasteiger partial charge in [-0.1, -0.05) is 19.2 Å². The molecule has 0 unspecified atom stereocenters. The fourth-order valence-corrected chi connectivity index (χ4v) is 4.92. The first-order valence-corrected chi connectivity index (χ1v) is 9.99. The van der Waals surface area contributed by atoms with E-state index in [9.17, 15) is 13.6 Å². The number of nitrogens with two attached hydrogens (primary N) is 1. The highest BCUT2D eigenvalue weighted by Crippen LogP contribution is 2.52. The zero-order chi connectivity index (χ0) is 20.6. The van der Waals surface area contributed by atoms with Crippen LogP contribution in [0, 0.1) is 11.7 Å². The van der Waals surface area contributed by atoms with Gasteiger partial charge < -0.3 is 15.8 Å². The van der Waals surface area contributed by atoms with Crippen molar-refractivity contribution in [1.82, 2.24) is 9.97 Å². The molecule has 1 aromatic carbocycles. The van der Waals surface area contributed by atoms with E-state index in [1.165, 1.54) is 49.5 Å². The van der Waals surface area contributed by atoms with E-state index in [0.717, 1.165) is 0 Å². The van der Waals surface area contributed by atoms with E-state index < -0.39 is 23.4 Å². The van der Waals surface area contributed by atoms with Gasteiger partial charge in [0.15, 0.2) is 5.17 Å². The van der Waals surface area contributed by atoms with Crippen LogP contribution in [0.25, 0.3) is 0 Å². The van der Waals surface area contributed by atoms with Gasteiger partial charge in [0.2, 0.25) is 5.88 Å². The van der Waals surface area contributed by atoms with E-state index in [1.807, 2.05) is 0 Å². The molecule has 31 heavy (non-hydrogen) atoms. The lowest BCUT2D eigenvalue weighted by Crippen LogP contribution is -2.37. The minimum Gasteiger partial charge on any atom is -0.480 e. The molecule has 0 radical (unpaired) electrons. The number of amidine groups is 1. The summed E-state index contributed by atoms with van der Waals surface area (Å²) in [6.07, 6.45) is 1.90. The van der Waals surface area contributed by atoms with Gasteiger partial charge in [-0.15, -0.1) is 0 Å². The van der Waals surface area contributed by atoms with E-state index >= 15 is 0 Å². The van der Waals surface area contributed by atoms with Crippen molar-refractivity contribution in [2.75, 3.05) is 18.2 Å². The predicted molar refractivity (Wildman–Crippen MR) is 116 cm³/mol. The number of benzene rings is 1. The van der Waals surface area contributed by atoms with Gasteiger partial charge in [-0.2, -0.15) is 0 Å². The van der Waals surface area contributed by atoms with Crippen molar-refractivity contribution in [3.8, 4) is 5.88 Å². The number of rotatable bonds is 4. The van der Waals surface area contributed by atoms with Gasteiger partial charge in [0, 0.05) is 29.3 Å². The molecule has 1 fully saturated rings. The van der Waals surface area contributed by atoms with Crippen LogP contribution in [0.15, 0.2) is 35.6 Å². The number of hydrogen-bond donors (Lipinski definition) is 2. The van der Waals surface area contributed by atoms with E-state index in [0.29, 0.717) is 23.0 Å². The summed E-state index contributed by atoms with van der Waals surface area (Å²) >= 11 is 1.35. The molecule has 7 nitrogen and oxygen atoms in total. The van der Waals surface area contributed by atoms with Crippen molar-refractivity contribution in [2.45, 2.75) is 32.0 Å². The Labute approximate surface area is 182 Å². The van der Waals surface area contributed by atoms with Crippen LogP contribution in [0.3, 0.4) is 0 Å². The second-order valence-corrected chi connectivity index (χ2v) is 8.05. The molecule has 0 saturated heterocycles. The number of aliphatic imine (C=N–C) groups is 1. The topological polar surface area (TPSA) is 102 Å². The van der Waals surface area contributed by atoms with Gasteiger partial charge in [-0.3, -0.25) is 14.5 Å². The first-order valence-electron chi connectivity index (χ1n) is 9.01. The highest BCUT2D eigenvalue weighted by molar-refractivity contribution is 8.13. The molecule has 2 aliphatic rings. The molecule has 2 heterocycles. The minimum absolute atomic E-state index is 0. The summed E-state index contributed by atoms with van der Waals surface area (Å²) in [6.45, 7) is 0. The van der Waals surface area contributed by atoms with Gasteiger partial charge in [0.1, 0.15) is 17.7 Å². The number of aromatic nitrogens is 2.